The largest absolute Gasteiger partial charge is 0.272 e. The highest BCUT2D eigenvalue weighted by Crippen LogP contribution is 2.19. The summed E-state index contributed by atoms with van der Waals surface area (Å²) in [6.07, 6.45) is 0. The van der Waals surface area contributed by atoms with E-state index < -0.39 is 5.54 Å². The Hall–Kier alpha value is -2.33. The number of hydrazine groups is 1. The van der Waals surface area contributed by atoms with Crippen LogP contribution in [0.25, 0.3) is 0 Å². The van der Waals surface area contributed by atoms with Crippen LogP contribution in [0, 0.1) is 13.8 Å². The van der Waals surface area contributed by atoms with E-state index in [2.05, 4.69) is 5.43 Å². The lowest BCUT2D eigenvalue weighted by molar-refractivity contribution is 0.0358. The first-order valence-corrected chi connectivity index (χ1v) is 8.46. The Kier molecular flexibility index (Phi) is 5.53. The molecule has 0 bridgehead atoms. The van der Waals surface area contributed by atoms with Crippen molar-refractivity contribution in [3.05, 3.63) is 69.7 Å². The number of benzene rings is 2. The number of hydrogen-bond donors (Lipinski definition) is 1. The van der Waals surface area contributed by atoms with Crippen LogP contribution in [0.4, 0.5) is 0 Å². The smallest absolute Gasteiger partial charge is 0.267 e. The van der Waals surface area contributed by atoms with E-state index >= 15 is 0 Å². The highest BCUT2D eigenvalue weighted by Gasteiger charge is 2.29. The van der Waals surface area contributed by atoms with Crippen molar-refractivity contribution >= 4 is 23.4 Å². The Morgan fingerprint density at radius 2 is 1.68 bits per heavy atom. The number of amides is 2. The van der Waals surface area contributed by atoms with E-state index in [0.29, 0.717) is 16.1 Å². The molecule has 4 nitrogen and oxygen atoms in total. The van der Waals surface area contributed by atoms with Gasteiger partial charge < -0.3 is 0 Å². The Balaban J connectivity index is 2.30. The number of carbonyl (C=O) groups excluding carboxylic acids is 2. The summed E-state index contributed by atoms with van der Waals surface area (Å²) in [5.41, 5.74) is 4.93. The number of aryl methyl sites for hydroxylation is 2. The maximum absolute atomic E-state index is 12.9. The van der Waals surface area contributed by atoms with Gasteiger partial charge in [0.25, 0.3) is 11.8 Å². The second-order valence-corrected chi connectivity index (χ2v) is 7.49. The van der Waals surface area contributed by atoms with Crippen molar-refractivity contribution in [3.8, 4) is 0 Å². The van der Waals surface area contributed by atoms with Crippen molar-refractivity contribution in [3.63, 3.8) is 0 Å². The summed E-state index contributed by atoms with van der Waals surface area (Å²) in [4.78, 5) is 25.5. The predicted octanol–water partition coefficient (Wildman–Crippen LogP) is 4.54. The second kappa shape index (κ2) is 7.28. The lowest BCUT2D eigenvalue weighted by Gasteiger charge is -2.35. The van der Waals surface area contributed by atoms with E-state index in [4.69, 9.17) is 11.6 Å². The fourth-order valence-corrected chi connectivity index (χ4v) is 2.51. The van der Waals surface area contributed by atoms with E-state index in [9.17, 15) is 9.59 Å². The molecule has 0 spiro atoms. The summed E-state index contributed by atoms with van der Waals surface area (Å²) >= 11 is 6.10. The van der Waals surface area contributed by atoms with Crippen molar-refractivity contribution in [2.45, 2.75) is 40.2 Å². The van der Waals surface area contributed by atoms with Gasteiger partial charge in [-0.2, -0.15) is 0 Å². The fraction of sp³-hybridized carbons (Fsp3) is 0.300. The lowest BCUT2D eigenvalue weighted by atomic mass is 10.1. The Bertz CT molecular complexity index is 810. The molecule has 0 heterocycles. The zero-order chi connectivity index (χ0) is 18.8. The minimum Gasteiger partial charge on any atom is -0.267 e. The third-order valence-corrected chi connectivity index (χ3v) is 4.19. The van der Waals surface area contributed by atoms with Gasteiger partial charge in [-0.15, -0.1) is 0 Å². The number of hydrogen-bond acceptors (Lipinski definition) is 2. The van der Waals surface area contributed by atoms with Gasteiger partial charge in [0.05, 0.1) is 5.54 Å². The Morgan fingerprint density at radius 3 is 2.24 bits per heavy atom. The molecule has 0 aliphatic carbocycles. The van der Waals surface area contributed by atoms with E-state index in [1.807, 2.05) is 46.8 Å². The van der Waals surface area contributed by atoms with Gasteiger partial charge in [0.15, 0.2) is 0 Å². The van der Waals surface area contributed by atoms with Gasteiger partial charge in [-0.3, -0.25) is 15.0 Å². The molecule has 0 atom stereocenters. The van der Waals surface area contributed by atoms with Gasteiger partial charge in [0.2, 0.25) is 0 Å². The predicted molar refractivity (Wildman–Crippen MR) is 101 cm³/mol. The quantitative estimate of drug-likeness (QED) is 0.801. The Labute approximate surface area is 153 Å². The summed E-state index contributed by atoms with van der Waals surface area (Å²) in [7, 11) is 0. The topological polar surface area (TPSA) is 49.4 Å². The third-order valence-electron chi connectivity index (χ3n) is 3.79. The van der Waals surface area contributed by atoms with E-state index in [0.717, 1.165) is 11.1 Å². The van der Waals surface area contributed by atoms with Gasteiger partial charge in [0.1, 0.15) is 0 Å². The molecule has 0 aliphatic rings. The van der Waals surface area contributed by atoms with Gasteiger partial charge >= 0.3 is 0 Å². The summed E-state index contributed by atoms with van der Waals surface area (Å²) in [5, 5.41) is 1.87. The summed E-state index contributed by atoms with van der Waals surface area (Å²) in [5.74, 6) is -0.638. The van der Waals surface area contributed by atoms with Gasteiger partial charge in [-0.25, -0.2) is 5.01 Å². The van der Waals surface area contributed by atoms with Crippen LogP contribution in [-0.2, 0) is 0 Å². The fourth-order valence-electron chi connectivity index (χ4n) is 2.33. The number of carbonyl (C=O) groups is 2. The first kappa shape index (κ1) is 19.0. The molecule has 25 heavy (non-hydrogen) atoms. The molecule has 2 amide bonds. The molecular formula is C20H23ClN2O2. The van der Waals surface area contributed by atoms with Gasteiger partial charge in [-0.05, 0) is 64.4 Å². The molecule has 0 saturated heterocycles. The SMILES string of the molecule is Cc1cccc(C(=O)N(NC(=O)c2ccc(C)c(Cl)c2)C(C)(C)C)c1. The molecular weight excluding hydrogens is 336 g/mol. The molecule has 0 aromatic heterocycles. The Morgan fingerprint density at radius 1 is 1.00 bits per heavy atom. The summed E-state index contributed by atoms with van der Waals surface area (Å²) in [6, 6.07) is 12.4. The normalized spacial score (nSPS) is 11.1. The zero-order valence-electron chi connectivity index (χ0n) is 15.2. The number of nitrogens with one attached hydrogen (secondary N) is 1. The maximum atomic E-state index is 12.9. The van der Waals surface area contributed by atoms with Crippen LogP contribution >= 0.6 is 11.6 Å². The molecule has 5 heteroatoms. The van der Waals surface area contributed by atoms with Gasteiger partial charge in [-0.1, -0.05) is 35.4 Å². The minimum absolute atomic E-state index is 0.261. The molecule has 0 aliphatic heterocycles. The number of halogens is 1. The maximum Gasteiger partial charge on any atom is 0.272 e. The number of rotatable bonds is 2. The van der Waals surface area contributed by atoms with Crippen LogP contribution in [0.3, 0.4) is 0 Å². The average molecular weight is 359 g/mol. The zero-order valence-corrected chi connectivity index (χ0v) is 15.9. The summed E-state index contributed by atoms with van der Waals surface area (Å²) < 4.78 is 0. The molecule has 0 saturated carbocycles. The van der Waals surface area contributed by atoms with Crippen molar-refractivity contribution in [2.24, 2.45) is 0 Å². The molecule has 0 unspecified atom stereocenters. The molecule has 1 N–H and O–H groups in total. The highest BCUT2D eigenvalue weighted by atomic mass is 35.5. The average Bonchev–Trinajstić information content (AvgIpc) is 2.53. The van der Waals surface area contributed by atoms with Gasteiger partial charge in [0, 0.05) is 16.1 Å². The molecule has 132 valence electrons. The first-order valence-electron chi connectivity index (χ1n) is 8.08. The van der Waals surface area contributed by atoms with Crippen molar-refractivity contribution in [1.82, 2.24) is 10.4 Å². The minimum atomic E-state index is -0.592. The lowest BCUT2D eigenvalue weighted by Crippen LogP contribution is -2.55. The monoisotopic (exact) mass is 358 g/mol. The molecule has 0 fully saturated rings. The third kappa shape index (κ3) is 4.60. The standard InChI is InChI=1S/C20H23ClN2O2/c1-13-7-6-8-16(11-13)19(25)23(20(3,4)5)22-18(24)15-10-9-14(2)17(21)12-15/h6-12H,1-5H3,(H,22,24). The highest BCUT2D eigenvalue weighted by molar-refractivity contribution is 6.31. The summed E-state index contributed by atoms with van der Waals surface area (Å²) in [6.45, 7) is 9.38. The molecule has 0 radical (unpaired) electrons. The van der Waals surface area contributed by atoms with E-state index in [1.165, 1.54) is 5.01 Å². The van der Waals surface area contributed by atoms with Crippen LogP contribution in [0.1, 0.15) is 52.6 Å². The second-order valence-electron chi connectivity index (χ2n) is 7.09. The first-order chi connectivity index (χ1) is 11.6. The van der Waals surface area contributed by atoms with Crippen LogP contribution in [-0.4, -0.2) is 22.4 Å². The van der Waals surface area contributed by atoms with Crippen molar-refractivity contribution in [2.75, 3.05) is 0 Å². The number of nitrogens with zero attached hydrogens (tertiary/aromatic N) is 1. The van der Waals surface area contributed by atoms with E-state index in [1.54, 1.807) is 30.3 Å². The van der Waals surface area contributed by atoms with E-state index in [-0.39, 0.29) is 11.8 Å². The molecule has 2 aromatic rings. The molecule has 2 rings (SSSR count). The molecule has 2 aromatic carbocycles. The van der Waals surface area contributed by atoms with Crippen LogP contribution in [0.5, 0.6) is 0 Å². The van der Waals surface area contributed by atoms with Crippen molar-refractivity contribution < 1.29 is 9.59 Å². The van der Waals surface area contributed by atoms with Crippen molar-refractivity contribution in [1.29, 1.82) is 0 Å². The van der Waals surface area contributed by atoms with Crippen LogP contribution in [0.2, 0.25) is 5.02 Å². The van der Waals surface area contributed by atoms with Crippen LogP contribution < -0.4 is 5.43 Å². The van der Waals surface area contributed by atoms with Crippen LogP contribution in [0.15, 0.2) is 42.5 Å².